The first-order chi connectivity index (χ1) is 11.2. The molecule has 0 radical (unpaired) electrons. The Kier molecular flexibility index (Phi) is 5.56. The number of carbonyl (C=O) groups is 1. The van der Waals surface area contributed by atoms with Gasteiger partial charge in [0.1, 0.15) is 6.33 Å². The molecule has 1 aliphatic rings. The number of nitrogens with zero attached hydrogens (tertiary/aromatic N) is 3. The van der Waals surface area contributed by atoms with Gasteiger partial charge in [-0.2, -0.15) is 0 Å². The lowest BCUT2D eigenvalue weighted by Gasteiger charge is -2.22. The van der Waals surface area contributed by atoms with E-state index in [9.17, 15) is 4.79 Å². The van der Waals surface area contributed by atoms with Crippen molar-refractivity contribution in [3.63, 3.8) is 0 Å². The molecule has 1 amide bonds. The molecule has 0 bridgehead atoms. The molecule has 1 saturated carbocycles. The molecule has 3 rings (SSSR count). The molecule has 122 valence electrons. The molecule has 0 aliphatic heterocycles. The third-order valence-electron chi connectivity index (χ3n) is 3.91. The first-order valence-electron chi connectivity index (χ1n) is 7.80. The topological polar surface area (TPSA) is 59.8 Å². The van der Waals surface area contributed by atoms with Crippen LogP contribution in [-0.4, -0.2) is 32.5 Å². The normalized spacial score (nSPS) is 15.5. The van der Waals surface area contributed by atoms with Crippen molar-refractivity contribution in [1.29, 1.82) is 0 Å². The lowest BCUT2D eigenvalue weighted by atomic mass is 9.95. The zero-order valence-electron chi connectivity index (χ0n) is 12.7. The Morgan fingerprint density at radius 1 is 1.35 bits per heavy atom. The quantitative estimate of drug-likeness (QED) is 0.839. The zero-order chi connectivity index (χ0) is 16.1. The van der Waals surface area contributed by atoms with E-state index in [0.29, 0.717) is 22.0 Å². The second-order valence-corrected chi connectivity index (χ2v) is 7.03. The minimum absolute atomic E-state index is 0.0579. The molecule has 2 aromatic rings. The summed E-state index contributed by atoms with van der Waals surface area (Å²) in [6.45, 7) is 0. The third-order valence-corrected chi connectivity index (χ3v) is 5.08. The number of thioether (sulfide) groups is 1. The van der Waals surface area contributed by atoms with Crippen LogP contribution in [0.5, 0.6) is 0 Å². The van der Waals surface area contributed by atoms with E-state index in [2.05, 4.69) is 15.5 Å². The minimum Gasteiger partial charge on any atom is -0.353 e. The van der Waals surface area contributed by atoms with Crippen LogP contribution in [0.25, 0.3) is 5.69 Å². The molecule has 7 heteroatoms. The summed E-state index contributed by atoms with van der Waals surface area (Å²) in [5.41, 5.74) is 0.887. The van der Waals surface area contributed by atoms with Crippen LogP contribution in [0.1, 0.15) is 32.1 Å². The number of aromatic nitrogens is 3. The van der Waals surface area contributed by atoms with Gasteiger partial charge in [0.15, 0.2) is 5.16 Å². The molecular formula is C16H19ClN4OS. The first kappa shape index (κ1) is 16.3. The van der Waals surface area contributed by atoms with E-state index in [1.54, 1.807) is 6.33 Å². The number of carbonyl (C=O) groups excluding carboxylic acids is 1. The smallest absolute Gasteiger partial charge is 0.230 e. The van der Waals surface area contributed by atoms with Crippen molar-refractivity contribution in [3.8, 4) is 5.69 Å². The number of amides is 1. The molecule has 23 heavy (non-hydrogen) atoms. The second kappa shape index (κ2) is 7.84. The molecule has 0 unspecified atom stereocenters. The number of hydrogen-bond donors (Lipinski definition) is 1. The average molecular weight is 351 g/mol. The fraction of sp³-hybridized carbons (Fsp3) is 0.438. The largest absolute Gasteiger partial charge is 0.353 e. The van der Waals surface area contributed by atoms with Gasteiger partial charge in [0.2, 0.25) is 5.91 Å². The van der Waals surface area contributed by atoms with Crippen LogP contribution in [0, 0.1) is 0 Å². The summed E-state index contributed by atoms with van der Waals surface area (Å²) in [6, 6.07) is 7.81. The fourth-order valence-electron chi connectivity index (χ4n) is 2.77. The molecule has 0 saturated heterocycles. The zero-order valence-corrected chi connectivity index (χ0v) is 14.3. The van der Waals surface area contributed by atoms with Gasteiger partial charge in [0.25, 0.3) is 0 Å². The molecule has 5 nitrogen and oxygen atoms in total. The van der Waals surface area contributed by atoms with E-state index < -0.39 is 0 Å². The predicted molar refractivity (Wildman–Crippen MR) is 92.1 cm³/mol. The Morgan fingerprint density at radius 3 is 2.96 bits per heavy atom. The number of hydrogen-bond acceptors (Lipinski definition) is 4. The van der Waals surface area contributed by atoms with E-state index in [1.165, 1.54) is 31.0 Å². The van der Waals surface area contributed by atoms with Gasteiger partial charge in [-0.1, -0.05) is 48.7 Å². The van der Waals surface area contributed by atoms with Gasteiger partial charge < -0.3 is 5.32 Å². The van der Waals surface area contributed by atoms with Crippen LogP contribution in [-0.2, 0) is 4.79 Å². The molecule has 1 aliphatic carbocycles. The molecule has 0 spiro atoms. The van der Waals surface area contributed by atoms with Crippen molar-refractivity contribution in [2.45, 2.75) is 43.3 Å². The summed E-state index contributed by atoms with van der Waals surface area (Å²) in [4.78, 5) is 12.1. The van der Waals surface area contributed by atoms with Crippen molar-refractivity contribution < 1.29 is 4.79 Å². The molecule has 0 atom stereocenters. The van der Waals surface area contributed by atoms with Gasteiger partial charge in [-0.15, -0.1) is 10.2 Å². The molecule has 1 fully saturated rings. The van der Waals surface area contributed by atoms with Crippen molar-refractivity contribution in [1.82, 2.24) is 20.1 Å². The van der Waals surface area contributed by atoms with Gasteiger partial charge in [0, 0.05) is 11.1 Å². The molecule has 1 N–H and O–H groups in total. The minimum atomic E-state index is 0.0579. The highest BCUT2D eigenvalue weighted by Gasteiger charge is 2.16. The summed E-state index contributed by atoms with van der Waals surface area (Å²) >= 11 is 7.41. The summed E-state index contributed by atoms with van der Waals surface area (Å²) < 4.78 is 1.84. The lowest BCUT2D eigenvalue weighted by molar-refractivity contribution is -0.119. The Labute approximate surface area is 144 Å². The number of benzene rings is 1. The van der Waals surface area contributed by atoms with Gasteiger partial charge in [-0.05, 0) is 31.0 Å². The van der Waals surface area contributed by atoms with Gasteiger partial charge >= 0.3 is 0 Å². The van der Waals surface area contributed by atoms with E-state index in [1.807, 2.05) is 28.8 Å². The second-order valence-electron chi connectivity index (χ2n) is 5.65. The van der Waals surface area contributed by atoms with Crippen molar-refractivity contribution >= 4 is 29.3 Å². The fourth-order valence-corrected chi connectivity index (χ4v) is 3.70. The van der Waals surface area contributed by atoms with E-state index in [-0.39, 0.29) is 5.91 Å². The summed E-state index contributed by atoms with van der Waals surface area (Å²) in [6.07, 6.45) is 7.52. The first-order valence-corrected chi connectivity index (χ1v) is 9.17. The highest BCUT2D eigenvalue weighted by atomic mass is 35.5. The molecule has 1 aromatic carbocycles. The van der Waals surface area contributed by atoms with Gasteiger partial charge in [-0.3, -0.25) is 9.36 Å². The molecule has 1 heterocycles. The molecular weight excluding hydrogens is 332 g/mol. The maximum absolute atomic E-state index is 12.1. The van der Waals surface area contributed by atoms with Crippen LogP contribution in [0.15, 0.2) is 35.7 Å². The van der Waals surface area contributed by atoms with Gasteiger partial charge in [0.05, 0.1) is 11.4 Å². The maximum Gasteiger partial charge on any atom is 0.230 e. The Morgan fingerprint density at radius 2 is 2.17 bits per heavy atom. The summed E-state index contributed by atoms with van der Waals surface area (Å²) in [5.74, 6) is 0.401. The number of halogens is 1. The Hall–Kier alpha value is -1.53. The van der Waals surface area contributed by atoms with Gasteiger partial charge in [-0.25, -0.2) is 0 Å². The Balaban J connectivity index is 1.58. The van der Waals surface area contributed by atoms with E-state index in [4.69, 9.17) is 11.6 Å². The third kappa shape index (κ3) is 4.48. The number of rotatable bonds is 5. The maximum atomic E-state index is 12.1. The van der Waals surface area contributed by atoms with E-state index >= 15 is 0 Å². The molecule has 1 aromatic heterocycles. The van der Waals surface area contributed by atoms with Crippen LogP contribution in [0.2, 0.25) is 5.02 Å². The average Bonchev–Trinajstić information content (AvgIpc) is 3.02. The van der Waals surface area contributed by atoms with Crippen molar-refractivity contribution in [2.75, 3.05) is 5.75 Å². The summed E-state index contributed by atoms with van der Waals surface area (Å²) in [5, 5.41) is 12.5. The number of nitrogens with one attached hydrogen (secondary N) is 1. The van der Waals surface area contributed by atoms with Crippen molar-refractivity contribution in [3.05, 3.63) is 35.6 Å². The monoisotopic (exact) mass is 350 g/mol. The lowest BCUT2D eigenvalue weighted by Crippen LogP contribution is -2.37. The van der Waals surface area contributed by atoms with Crippen LogP contribution in [0.3, 0.4) is 0 Å². The predicted octanol–water partition coefficient (Wildman–Crippen LogP) is 3.46. The SMILES string of the molecule is O=C(CSc1nncn1-c1cccc(Cl)c1)NC1CCCCC1. The van der Waals surface area contributed by atoms with E-state index in [0.717, 1.165) is 18.5 Å². The van der Waals surface area contributed by atoms with Crippen LogP contribution < -0.4 is 5.32 Å². The highest BCUT2D eigenvalue weighted by Crippen LogP contribution is 2.22. The van der Waals surface area contributed by atoms with Crippen LogP contribution in [0.4, 0.5) is 0 Å². The summed E-state index contributed by atoms with van der Waals surface area (Å²) in [7, 11) is 0. The highest BCUT2D eigenvalue weighted by molar-refractivity contribution is 7.99. The van der Waals surface area contributed by atoms with Crippen LogP contribution >= 0.6 is 23.4 Å². The van der Waals surface area contributed by atoms with Crippen molar-refractivity contribution in [2.24, 2.45) is 0 Å². The Bertz CT molecular complexity index is 670. The standard InChI is InChI=1S/C16H19ClN4OS/c17-12-5-4-8-14(9-12)21-11-18-20-16(21)23-10-15(22)19-13-6-2-1-3-7-13/h4-5,8-9,11,13H,1-3,6-7,10H2,(H,19,22).